The van der Waals surface area contributed by atoms with Crippen molar-refractivity contribution >= 4 is 34.6 Å². The molecule has 1 fully saturated rings. The van der Waals surface area contributed by atoms with Gasteiger partial charge in [-0.2, -0.15) is 4.99 Å². The second-order valence-corrected chi connectivity index (χ2v) is 11.0. The number of halogens is 5. The van der Waals surface area contributed by atoms with Gasteiger partial charge in [-0.1, -0.05) is 68.1 Å². The smallest absolute Gasteiger partial charge is 0.406 e. The van der Waals surface area contributed by atoms with Crippen LogP contribution >= 0.6 is 11.8 Å². The molecule has 1 aromatic heterocycles. The molecule has 1 saturated heterocycles. The van der Waals surface area contributed by atoms with Gasteiger partial charge in [0.05, 0.1) is 17.1 Å². The van der Waals surface area contributed by atoms with E-state index in [0.717, 1.165) is 29.5 Å². The van der Waals surface area contributed by atoms with Gasteiger partial charge in [-0.25, -0.2) is 23.2 Å². The van der Waals surface area contributed by atoms with Crippen LogP contribution in [0.15, 0.2) is 84.1 Å². The summed E-state index contributed by atoms with van der Waals surface area (Å²) in [7, 11) is 0. The molecule has 0 radical (unpaired) electrons. The zero-order valence-electron chi connectivity index (χ0n) is 23.7. The first-order valence-electron chi connectivity index (χ1n) is 13.5. The maximum Gasteiger partial charge on any atom is 0.573 e. The molecule has 45 heavy (non-hydrogen) atoms. The number of benzene rings is 3. The number of aliphatic imine (C=N–C) groups is 1. The number of anilines is 1. The lowest BCUT2D eigenvalue weighted by Gasteiger charge is -2.21. The number of ether oxygens (including phenoxy) is 1. The van der Waals surface area contributed by atoms with E-state index in [1.54, 1.807) is 12.1 Å². The van der Waals surface area contributed by atoms with Crippen molar-refractivity contribution in [3.8, 4) is 22.8 Å². The normalized spacial score (nSPS) is 15.9. The Kier molecular flexibility index (Phi) is 9.18. The van der Waals surface area contributed by atoms with Crippen LogP contribution in [0.4, 0.5) is 32.4 Å². The summed E-state index contributed by atoms with van der Waals surface area (Å²) < 4.78 is 72.2. The first kappa shape index (κ1) is 31.6. The topological polar surface area (TPSA) is 102 Å². The van der Waals surface area contributed by atoms with Gasteiger partial charge in [0.1, 0.15) is 12.1 Å². The minimum absolute atomic E-state index is 0.0476. The summed E-state index contributed by atoms with van der Waals surface area (Å²) in [6.07, 6.45) is -8.14. The third kappa shape index (κ3) is 7.48. The quantitative estimate of drug-likeness (QED) is 0.162. The van der Waals surface area contributed by atoms with Crippen molar-refractivity contribution in [3.05, 3.63) is 90.3 Å². The molecular formula is C30H25F5N6O3S. The lowest BCUT2D eigenvalue weighted by atomic mass is 10.0. The molecule has 4 aromatic rings. The molecule has 15 heteroatoms. The number of hydrogen-bond acceptors (Lipinski definition) is 6. The molecule has 3 aromatic carbocycles. The molecule has 9 nitrogen and oxygen atoms in total. The van der Waals surface area contributed by atoms with E-state index in [9.17, 15) is 27.2 Å². The molecule has 2 heterocycles. The number of carbonyl (C=O) groups is 2. The standard InChI is InChI=1S/C30H25F5N6O3S/c1-17(2)22-5-3-4-6-23(22)41-24(42)15-45-29(41)38-28(43)37-26(32)25(31)18-7-9-19(10-8-18)27-36-16-40(39-27)20-11-13-21(14-12-20)44-30(33,34)35/h3-14,16-17,25-26H,15H2,1-2H3,(H,37,43). The highest BCUT2D eigenvalue weighted by atomic mass is 32.2. The highest BCUT2D eigenvalue weighted by Gasteiger charge is 2.33. The Hall–Kier alpha value is -4.79. The number of aromatic nitrogens is 3. The molecule has 1 aliphatic rings. The summed E-state index contributed by atoms with van der Waals surface area (Å²) in [6, 6.07) is 16.6. The number of alkyl halides is 5. The molecule has 1 aliphatic heterocycles. The monoisotopic (exact) mass is 644 g/mol. The van der Waals surface area contributed by atoms with Crippen molar-refractivity contribution in [2.24, 2.45) is 4.99 Å². The van der Waals surface area contributed by atoms with Crippen molar-refractivity contribution in [1.29, 1.82) is 0 Å². The van der Waals surface area contributed by atoms with Gasteiger partial charge in [0.2, 0.25) is 12.2 Å². The first-order valence-corrected chi connectivity index (χ1v) is 14.5. The van der Waals surface area contributed by atoms with Crippen LogP contribution in [0.2, 0.25) is 0 Å². The van der Waals surface area contributed by atoms with Gasteiger partial charge >= 0.3 is 12.4 Å². The van der Waals surface area contributed by atoms with Gasteiger partial charge in [0.15, 0.2) is 17.2 Å². The third-order valence-corrected chi connectivity index (χ3v) is 7.52. The average Bonchev–Trinajstić information content (AvgIpc) is 3.63. The van der Waals surface area contributed by atoms with Crippen molar-refractivity contribution in [2.75, 3.05) is 10.7 Å². The van der Waals surface area contributed by atoms with Crippen molar-refractivity contribution in [2.45, 2.75) is 38.6 Å². The number of carbonyl (C=O) groups excluding carboxylic acids is 2. The van der Waals surface area contributed by atoms with Crippen LogP contribution < -0.4 is 15.0 Å². The van der Waals surface area contributed by atoms with Crippen LogP contribution in [0.1, 0.15) is 37.1 Å². The molecule has 2 atom stereocenters. The Morgan fingerprint density at radius 3 is 2.38 bits per heavy atom. The summed E-state index contributed by atoms with van der Waals surface area (Å²) >= 11 is 1.03. The summed E-state index contributed by atoms with van der Waals surface area (Å²) in [4.78, 5) is 34.5. The zero-order valence-corrected chi connectivity index (χ0v) is 24.5. The van der Waals surface area contributed by atoms with Crippen LogP contribution in [0.25, 0.3) is 17.1 Å². The molecule has 5 rings (SSSR count). The molecule has 0 spiro atoms. The van der Waals surface area contributed by atoms with Gasteiger partial charge in [0, 0.05) is 5.56 Å². The van der Waals surface area contributed by atoms with E-state index in [-0.39, 0.29) is 39.9 Å². The maximum atomic E-state index is 15.0. The Morgan fingerprint density at radius 1 is 1.02 bits per heavy atom. The van der Waals surface area contributed by atoms with E-state index in [4.69, 9.17) is 0 Å². The molecule has 0 aliphatic carbocycles. The third-order valence-electron chi connectivity index (χ3n) is 6.59. The molecule has 0 saturated carbocycles. The number of amidine groups is 1. The van der Waals surface area contributed by atoms with Gasteiger partial charge in [-0.05, 0) is 47.4 Å². The van der Waals surface area contributed by atoms with E-state index in [1.165, 1.54) is 52.3 Å². The minimum atomic E-state index is -4.81. The molecular weight excluding hydrogens is 619 g/mol. The highest BCUT2D eigenvalue weighted by molar-refractivity contribution is 8.15. The average molecular weight is 645 g/mol. The van der Waals surface area contributed by atoms with Crippen LogP contribution in [0, 0.1) is 0 Å². The summed E-state index contributed by atoms with van der Waals surface area (Å²) in [6.45, 7) is 3.92. The van der Waals surface area contributed by atoms with E-state index in [1.807, 2.05) is 31.3 Å². The Morgan fingerprint density at radius 2 is 1.71 bits per heavy atom. The lowest BCUT2D eigenvalue weighted by Crippen LogP contribution is -2.35. The molecule has 0 bridgehead atoms. The number of nitrogens with zero attached hydrogens (tertiary/aromatic N) is 5. The van der Waals surface area contributed by atoms with E-state index in [2.05, 4.69) is 19.8 Å². The number of thioether (sulfide) groups is 1. The van der Waals surface area contributed by atoms with Crippen LogP contribution in [0.3, 0.4) is 0 Å². The fraction of sp³-hybridized carbons (Fsp3) is 0.233. The number of amides is 3. The predicted octanol–water partition coefficient (Wildman–Crippen LogP) is 7.11. The Bertz CT molecular complexity index is 1710. The second-order valence-electron chi connectivity index (χ2n) is 10.1. The molecule has 2 unspecified atom stereocenters. The van der Waals surface area contributed by atoms with Crippen molar-refractivity contribution in [1.82, 2.24) is 20.1 Å². The summed E-state index contributed by atoms with van der Waals surface area (Å²) in [5.74, 6) is -0.322. The number of hydrogen-bond donors (Lipinski definition) is 1. The fourth-order valence-corrected chi connectivity index (χ4v) is 5.34. The van der Waals surface area contributed by atoms with Crippen molar-refractivity contribution in [3.63, 3.8) is 0 Å². The van der Waals surface area contributed by atoms with Gasteiger partial charge in [0.25, 0.3) is 0 Å². The highest BCUT2D eigenvalue weighted by Crippen LogP contribution is 2.33. The van der Waals surface area contributed by atoms with E-state index in [0.29, 0.717) is 16.9 Å². The Labute approximate surface area is 258 Å². The second kappa shape index (κ2) is 13.1. The van der Waals surface area contributed by atoms with Gasteiger partial charge < -0.3 is 10.1 Å². The largest absolute Gasteiger partial charge is 0.573 e. The fourth-order valence-electron chi connectivity index (χ4n) is 4.48. The van der Waals surface area contributed by atoms with Crippen LogP contribution in [-0.2, 0) is 4.79 Å². The van der Waals surface area contributed by atoms with Crippen LogP contribution in [0.5, 0.6) is 5.75 Å². The van der Waals surface area contributed by atoms with E-state index >= 15 is 4.39 Å². The molecule has 234 valence electrons. The summed E-state index contributed by atoms with van der Waals surface area (Å²) in [5.41, 5.74) is 2.24. The zero-order chi connectivity index (χ0) is 32.3. The first-order chi connectivity index (χ1) is 21.4. The van der Waals surface area contributed by atoms with Gasteiger partial charge in [-0.3, -0.25) is 9.69 Å². The SMILES string of the molecule is CC(C)c1ccccc1N1C(=O)CSC1=NC(=O)NC(F)C(F)c1ccc(-c2ncn(-c3ccc(OC(F)(F)F)cc3)n2)cc1. The number of para-hydroxylation sites is 1. The molecule has 1 N–H and O–H groups in total. The van der Waals surface area contributed by atoms with Crippen LogP contribution in [-0.4, -0.2) is 50.3 Å². The number of urea groups is 1. The number of nitrogens with one attached hydrogen (secondary N) is 1. The predicted molar refractivity (Wildman–Crippen MR) is 159 cm³/mol. The Balaban J connectivity index is 1.23. The number of rotatable bonds is 8. The molecule has 3 amide bonds. The van der Waals surface area contributed by atoms with Crippen molar-refractivity contribution < 1.29 is 36.3 Å². The van der Waals surface area contributed by atoms with E-state index < -0.39 is 24.9 Å². The summed E-state index contributed by atoms with van der Waals surface area (Å²) in [5, 5.41) is 6.23. The minimum Gasteiger partial charge on any atom is -0.406 e. The van der Waals surface area contributed by atoms with Gasteiger partial charge in [-0.15, -0.1) is 18.3 Å². The maximum absolute atomic E-state index is 15.0. The lowest BCUT2D eigenvalue weighted by molar-refractivity contribution is -0.274.